The highest BCUT2D eigenvalue weighted by molar-refractivity contribution is 5.27. The zero-order valence-corrected chi connectivity index (χ0v) is 13.9. The standard InChI is InChI=1S/C20H27NO/c1-16(19-7-5-4-6-8-19)15-21-17(2)9-10-18-11-13-20(22-3)14-12-18/h4-8,11-14,16-17,21H,9-10,15H2,1-3H3/t16-,17+/m1/s1. The van der Waals surface area contributed by atoms with Crippen molar-refractivity contribution >= 4 is 0 Å². The summed E-state index contributed by atoms with van der Waals surface area (Å²) in [5.74, 6) is 1.47. The van der Waals surface area contributed by atoms with Gasteiger partial charge in [0.2, 0.25) is 0 Å². The van der Waals surface area contributed by atoms with Crippen LogP contribution in [0.5, 0.6) is 5.75 Å². The number of methoxy groups -OCH3 is 1. The van der Waals surface area contributed by atoms with Crippen LogP contribution in [0.3, 0.4) is 0 Å². The second kappa shape index (κ2) is 8.60. The molecule has 0 bridgehead atoms. The van der Waals surface area contributed by atoms with Gasteiger partial charge in [-0.15, -0.1) is 0 Å². The normalized spacial score (nSPS) is 13.6. The molecule has 2 aromatic rings. The number of hydrogen-bond donors (Lipinski definition) is 1. The molecule has 0 aliphatic carbocycles. The van der Waals surface area contributed by atoms with Crippen LogP contribution in [0, 0.1) is 0 Å². The van der Waals surface area contributed by atoms with E-state index in [1.165, 1.54) is 11.1 Å². The van der Waals surface area contributed by atoms with Gasteiger partial charge < -0.3 is 10.1 Å². The predicted octanol–water partition coefficient (Wildman–Crippen LogP) is 4.41. The Balaban J connectivity index is 1.72. The zero-order valence-electron chi connectivity index (χ0n) is 13.9. The topological polar surface area (TPSA) is 21.3 Å². The first kappa shape index (κ1) is 16.6. The summed E-state index contributed by atoms with van der Waals surface area (Å²) in [5.41, 5.74) is 2.77. The first-order chi connectivity index (χ1) is 10.7. The third-order valence-electron chi connectivity index (χ3n) is 4.17. The summed E-state index contributed by atoms with van der Waals surface area (Å²) in [5, 5.41) is 3.65. The van der Waals surface area contributed by atoms with Gasteiger partial charge in [0.15, 0.2) is 0 Å². The minimum Gasteiger partial charge on any atom is -0.497 e. The highest BCUT2D eigenvalue weighted by Crippen LogP contribution is 2.15. The monoisotopic (exact) mass is 297 g/mol. The van der Waals surface area contributed by atoms with Crippen molar-refractivity contribution in [3.63, 3.8) is 0 Å². The van der Waals surface area contributed by atoms with Crippen LogP contribution < -0.4 is 10.1 Å². The van der Waals surface area contributed by atoms with Crippen LogP contribution in [-0.2, 0) is 6.42 Å². The Labute approximate surface area is 134 Å². The first-order valence-corrected chi connectivity index (χ1v) is 8.10. The van der Waals surface area contributed by atoms with Crippen LogP contribution in [-0.4, -0.2) is 19.7 Å². The lowest BCUT2D eigenvalue weighted by Crippen LogP contribution is -2.30. The highest BCUT2D eigenvalue weighted by Gasteiger charge is 2.07. The summed E-state index contributed by atoms with van der Waals surface area (Å²) < 4.78 is 5.19. The van der Waals surface area contributed by atoms with E-state index in [-0.39, 0.29) is 0 Å². The van der Waals surface area contributed by atoms with Crippen LogP contribution >= 0.6 is 0 Å². The third-order valence-corrected chi connectivity index (χ3v) is 4.17. The molecule has 2 rings (SSSR count). The number of benzene rings is 2. The Morgan fingerprint density at radius 3 is 2.27 bits per heavy atom. The number of aryl methyl sites for hydroxylation is 1. The van der Waals surface area contributed by atoms with E-state index in [0.717, 1.165) is 25.1 Å². The third kappa shape index (κ3) is 5.19. The van der Waals surface area contributed by atoms with Gasteiger partial charge in [-0.1, -0.05) is 49.4 Å². The SMILES string of the molecule is COc1ccc(CC[C@H](C)NC[C@@H](C)c2ccccc2)cc1. The van der Waals surface area contributed by atoms with Gasteiger partial charge in [-0.25, -0.2) is 0 Å². The van der Waals surface area contributed by atoms with Crippen LogP contribution in [0.25, 0.3) is 0 Å². The molecule has 0 heterocycles. The van der Waals surface area contributed by atoms with E-state index in [4.69, 9.17) is 4.74 Å². The average molecular weight is 297 g/mol. The molecule has 22 heavy (non-hydrogen) atoms. The number of hydrogen-bond acceptors (Lipinski definition) is 2. The fourth-order valence-corrected chi connectivity index (χ4v) is 2.55. The lowest BCUT2D eigenvalue weighted by atomic mass is 10.0. The van der Waals surface area contributed by atoms with Gasteiger partial charge in [0.25, 0.3) is 0 Å². The number of nitrogens with one attached hydrogen (secondary N) is 1. The molecule has 2 heteroatoms. The molecule has 0 aromatic heterocycles. The molecule has 2 nitrogen and oxygen atoms in total. The van der Waals surface area contributed by atoms with Crippen molar-refractivity contribution in [1.29, 1.82) is 0 Å². The minimum atomic E-state index is 0.522. The fraction of sp³-hybridized carbons (Fsp3) is 0.400. The van der Waals surface area contributed by atoms with Gasteiger partial charge >= 0.3 is 0 Å². The van der Waals surface area contributed by atoms with E-state index in [0.29, 0.717) is 12.0 Å². The average Bonchev–Trinajstić information content (AvgIpc) is 2.59. The van der Waals surface area contributed by atoms with Crippen LogP contribution in [0.2, 0.25) is 0 Å². The van der Waals surface area contributed by atoms with Crippen molar-refractivity contribution in [3.05, 3.63) is 65.7 Å². The van der Waals surface area contributed by atoms with E-state index in [1.54, 1.807) is 7.11 Å². The largest absolute Gasteiger partial charge is 0.497 e. The summed E-state index contributed by atoms with van der Waals surface area (Å²) in [6, 6.07) is 19.6. The zero-order chi connectivity index (χ0) is 15.8. The Morgan fingerprint density at radius 2 is 1.64 bits per heavy atom. The Kier molecular flexibility index (Phi) is 6.47. The van der Waals surface area contributed by atoms with Gasteiger partial charge in [0, 0.05) is 12.6 Å². The predicted molar refractivity (Wildman–Crippen MR) is 93.6 cm³/mol. The first-order valence-electron chi connectivity index (χ1n) is 8.10. The van der Waals surface area contributed by atoms with Gasteiger partial charge in [-0.05, 0) is 48.9 Å². The van der Waals surface area contributed by atoms with Crippen LogP contribution in [0.1, 0.15) is 37.3 Å². The fourth-order valence-electron chi connectivity index (χ4n) is 2.55. The molecule has 2 aromatic carbocycles. The van der Waals surface area contributed by atoms with Crippen LogP contribution in [0.4, 0.5) is 0 Å². The Hall–Kier alpha value is -1.80. The van der Waals surface area contributed by atoms with Crippen molar-refractivity contribution in [3.8, 4) is 5.75 Å². The molecule has 0 aliphatic rings. The smallest absolute Gasteiger partial charge is 0.118 e. The molecule has 2 atom stereocenters. The second-order valence-corrected chi connectivity index (χ2v) is 6.01. The maximum absolute atomic E-state index is 5.19. The van der Waals surface area contributed by atoms with Crippen molar-refractivity contribution in [2.24, 2.45) is 0 Å². The van der Waals surface area contributed by atoms with E-state index < -0.39 is 0 Å². The molecule has 0 spiro atoms. The lowest BCUT2D eigenvalue weighted by molar-refractivity contribution is 0.414. The van der Waals surface area contributed by atoms with E-state index >= 15 is 0 Å². The molecule has 118 valence electrons. The van der Waals surface area contributed by atoms with Gasteiger partial charge in [-0.2, -0.15) is 0 Å². The highest BCUT2D eigenvalue weighted by atomic mass is 16.5. The Morgan fingerprint density at radius 1 is 0.955 bits per heavy atom. The number of ether oxygens (including phenoxy) is 1. The van der Waals surface area contributed by atoms with Gasteiger partial charge in [-0.3, -0.25) is 0 Å². The van der Waals surface area contributed by atoms with Gasteiger partial charge in [0.1, 0.15) is 5.75 Å². The summed E-state index contributed by atoms with van der Waals surface area (Å²) in [6.45, 7) is 5.56. The maximum Gasteiger partial charge on any atom is 0.118 e. The molecule has 1 N–H and O–H groups in total. The van der Waals surface area contributed by atoms with Crippen molar-refractivity contribution in [1.82, 2.24) is 5.32 Å². The van der Waals surface area contributed by atoms with E-state index in [2.05, 4.69) is 61.6 Å². The molecule has 0 unspecified atom stereocenters. The molecule has 0 fully saturated rings. The summed E-state index contributed by atoms with van der Waals surface area (Å²) >= 11 is 0. The lowest BCUT2D eigenvalue weighted by Gasteiger charge is -2.18. The molecule has 0 saturated heterocycles. The summed E-state index contributed by atoms with van der Waals surface area (Å²) in [4.78, 5) is 0. The molecule has 0 radical (unpaired) electrons. The van der Waals surface area contributed by atoms with Gasteiger partial charge in [0.05, 0.1) is 7.11 Å². The van der Waals surface area contributed by atoms with Crippen molar-refractivity contribution in [2.75, 3.05) is 13.7 Å². The molecule has 0 amide bonds. The van der Waals surface area contributed by atoms with Crippen molar-refractivity contribution < 1.29 is 4.74 Å². The molecular formula is C20H27NO. The number of rotatable bonds is 8. The maximum atomic E-state index is 5.19. The summed E-state index contributed by atoms with van der Waals surface area (Å²) in [7, 11) is 1.70. The van der Waals surface area contributed by atoms with Crippen LogP contribution in [0.15, 0.2) is 54.6 Å². The minimum absolute atomic E-state index is 0.522. The van der Waals surface area contributed by atoms with E-state index in [1.807, 2.05) is 12.1 Å². The quantitative estimate of drug-likeness (QED) is 0.779. The molecular weight excluding hydrogens is 270 g/mol. The Bertz CT molecular complexity index is 535. The van der Waals surface area contributed by atoms with E-state index in [9.17, 15) is 0 Å². The molecule has 0 saturated carbocycles. The molecule has 0 aliphatic heterocycles. The van der Waals surface area contributed by atoms with Crippen molar-refractivity contribution in [2.45, 2.75) is 38.6 Å². The second-order valence-electron chi connectivity index (χ2n) is 6.01. The summed E-state index contributed by atoms with van der Waals surface area (Å²) in [6.07, 6.45) is 2.24.